The number of ether oxygens (including phenoxy) is 1. The Balaban J connectivity index is 1.95. The highest BCUT2D eigenvalue weighted by molar-refractivity contribution is 5.85. The van der Waals surface area contributed by atoms with Crippen molar-refractivity contribution in [2.24, 2.45) is 0 Å². The van der Waals surface area contributed by atoms with Gasteiger partial charge in [0.1, 0.15) is 11.9 Å². The van der Waals surface area contributed by atoms with Crippen LogP contribution in [0.4, 0.5) is 0 Å². The highest BCUT2D eigenvalue weighted by Crippen LogP contribution is 2.30. The zero-order valence-electron chi connectivity index (χ0n) is 11.1. The summed E-state index contributed by atoms with van der Waals surface area (Å²) in [5, 5.41) is 14.4. The second kappa shape index (κ2) is 5.05. The number of hydrogen-bond acceptors (Lipinski definition) is 5. The minimum Gasteiger partial charge on any atom is -0.460 e. The largest absolute Gasteiger partial charge is 0.460 e. The van der Waals surface area contributed by atoms with Gasteiger partial charge in [0, 0.05) is 6.42 Å². The molecule has 0 amide bonds. The van der Waals surface area contributed by atoms with Gasteiger partial charge in [-0.25, -0.2) is 14.5 Å². The van der Waals surface area contributed by atoms with Crippen LogP contribution in [0.2, 0.25) is 0 Å². The summed E-state index contributed by atoms with van der Waals surface area (Å²) < 4.78 is 6.51. The molecule has 1 N–H and O–H groups in total. The molecule has 6 heteroatoms. The van der Waals surface area contributed by atoms with E-state index in [1.807, 2.05) is 30.3 Å². The summed E-state index contributed by atoms with van der Waals surface area (Å²) in [5.74, 6) is 0.125. The number of rotatable bonds is 3. The molecule has 1 aromatic heterocycles. The zero-order chi connectivity index (χ0) is 14.1. The third-order valence-electron chi connectivity index (χ3n) is 3.32. The van der Waals surface area contributed by atoms with Crippen LogP contribution in [0.3, 0.4) is 0 Å². The highest BCUT2D eigenvalue weighted by Gasteiger charge is 2.36. The maximum absolute atomic E-state index is 11.7. The predicted octanol–water partition coefficient (Wildman–Crippen LogP) is 0.961. The van der Waals surface area contributed by atoms with E-state index < -0.39 is 12.1 Å². The van der Waals surface area contributed by atoms with Crippen molar-refractivity contribution in [3.05, 3.63) is 47.5 Å². The SMILES string of the molecule is CCOC(=O)c1nc2n(n1)[C@@H](c1ccccc1)[C@@H](O)C2. The Morgan fingerprint density at radius 1 is 1.45 bits per heavy atom. The summed E-state index contributed by atoms with van der Waals surface area (Å²) >= 11 is 0. The average Bonchev–Trinajstić information content (AvgIpc) is 2.96. The van der Waals surface area contributed by atoms with Crippen molar-refractivity contribution in [1.82, 2.24) is 14.8 Å². The maximum Gasteiger partial charge on any atom is 0.378 e. The van der Waals surface area contributed by atoms with Crippen LogP contribution >= 0.6 is 0 Å². The molecule has 20 heavy (non-hydrogen) atoms. The molecule has 0 aliphatic carbocycles. The summed E-state index contributed by atoms with van der Waals surface area (Å²) in [5.41, 5.74) is 0.944. The quantitative estimate of drug-likeness (QED) is 0.843. The molecule has 3 rings (SSSR count). The Kier molecular flexibility index (Phi) is 3.23. The maximum atomic E-state index is 11.7. The van der Waals surface area contributed by atoms with Gasteiger partial charge in [0.25, 0.3) is 5.82 Å². The van der Waals surface area contributed by atoms with Crippen molar-refractivity contribution in [3.63, 3.8) is 0 Å². The van der Waals surface area contributed by atoms with Crippen molar-refractivity contribution in [2.75, 3.05) is 6.61 Å². The van der Waals surface area contributed by atoms with E-state index in [4.69, 9.17) is 4.74 Å². The van der Waals surface area contributed by atoms with Gasteiger partial charge in [0.2, 0.25) is 0 Å². The van der Waals surface area contributed by atoms with Crippen LogP contribution in [0.25, 0.3) is 0 Å². The fraction of sp³-hybridized carbons (Fsp3) is 0.357. The number of carbonyl (C=O) groups excluding carboxylic acids is 1. The Labute approximate surface area is 116 Å². The lowest BCUT2D eigenvalue weighted by Crippen LogP contribution is -2.21. The van der Waals surface area contributed by atoms with E-state index >= 15 is 0 Å². The van der Waals surface area contributed by atoms with E-state index in [-0.39, 0.29) is 18.5 Å². The minimum atomic E-state index is -0.580. The monoisotopic (exact) mass is 273 g/mol. The van der Waals surface area contributed by atoms with Gasteiger partial charge in [-0.05, 0) is 12.5 Å². The van der Waals surface area contributed by atoms with E-state index in [0.29, 0.717) is 12.2 Å². The summed E-state index contributed by atoms with van der Waals surface area (Å²) in [6.07, 6.45) is -0.199. The number of fused-ring (bicyclic) bond motifs is 1. The molecule has 0 bridgehead atoms. The lowest BCUT2D eigenvalue weighted by molar-refractivity contribution is 0.0509. The first kappa shape index (κ1) is 12.8. The van der Waals surface area contributed by atoms with Gasteiger partial charge >= 0.3 is 5.97 Å². The Morgan fingerprint density at radius 3 is 2.90 bits per heavy atom. The lowest BCUT2D eigenvalue weighted by atomic mass is 10.0. The molecule has 0 saturated carbocycles. The van der Waals surface area contributed by atoms with Crippen LogP contribution in [-0.2, 0) is 11.2 Å². The minimum absolute atomic E-state index is 0.0506. The standard InChI is InChI=1S/C14H15N3O3/c1-2-20-14(19)13-15-11-8-10(18)12(17(11)16-13)9-6-4-3-5-7-9/h3-7,10,12,18H,2,8H2,1H3/t10-,12-/m0/s1. The summed E-state index contributed by atoms with van der Waals surface area (Å²) in [4.78, 5) is 15.8. The van der Waals surface area contributed by atoms with E-state index in [0.717, 1.165) is 5.56 Å². The fourth-order valence-corrected chi connectivity index (χ4v) is 2.47. The van der Waals surface area contributed by atoms with E-state index in [2.05, 4.69) is 10.1 Å². The molecule has 0 saturated heterocycles. The molecule has 6 nitrogen and oxygen atoms in total. The van der Waals surface area contributed by atoms with Gasteiger partial charge in [-0.2, -0.15) is 0 Å². The Hall–Kier alpha value is -2.21. The smallest absolute Gasteiger partial charge is 0.378 e. The predicted molar refractivity (Wildman–Crippen MR) is 70.3 cm³/mol. The number of nitrogens with zero attached hydrogens (tertiary/aromatic N) is 3. The molecule has 1 aromatic carbocycles. The Bertz CT molecular complexity index is 624. The first-order valence-corrected chi connectivity index (χ1v) is 6.56. The lowest BCUT2D eigenvalue weighted by Gasteiger charge is -2.16. The zero-order valence-corrected chi connectivity index (χ0v) is 11.1. The number of aromatic nitrogens is 3. The van der Waals surface area contributed by atoms with Gasteiger partial charge < -0.3 is 9.84 Å². The van der Waals surface area contributed by atoms with Crippen LogP contribution in [-0.4, -0.2) is 38.6 Å². The van der Waals surface area contributed by atoms with Gasteiger partial charge in [-0.3, -0.25) is 0 Å². The number of aliphatic hydroxyl groups is 1. The highest BCUT2D eigenvalue weighted by atomic mass is 16.5. The normalized spacial score (nSPS) is 20.7. The van der Waals surface area contributed by atoms with Crippen LogP contribution in [0, 0.1) is 0 Å². The summed E-state index contributed by atoms with van der Waals surface area (Å²) in [7, 11) is 0. The molecule has 1 aliphatic rings. The van der Waals surface area contributed by atoms with Crippen molar-refractivity contribution >= 4 is 5.97 Å². The number of esters is 1. The third-order valence-corrected chi connectivity index (χ3v) is 3.32. The first-order valence-electron chi connectivity index (χ1n) is 6.56. The number of benzene rings is 1. The van der Waals surface area contributed by atoms with Gasteiger partial charge in [-0.15, -0.1) is 5.10 Å². The molecule has 1 aliphatic heterocycles. The van der Waals surface area contributed by atoms with Gasteiger partial charge in [0.15, 0.2) is 0 Å². The van der Waals surface area contributed by atoms with Crippen molar-refractivity contribution in [1.29, 1.82) is 0 Å². The molecular formula is C14H15N3O3. The van der Waals surface area contributed by atoms with Crippen molar-refractivity contribution in [3.8, 4) is 0 Å². The van der Waals surface area contributed by atoms with Crippen LogP contribution in [0.1, 0.15) is 35.0 Å². The van der Waals surface area contributed by atoms with E-state index in [1.54, 1.807) is 11.6 Å². The molecular weight excluding hydrogens is 258 g/mol. The number of hydrogen-bond donors (Lipinski definition) is 1. The molecule has 2 aromatic rings. The summed E-state index contributed by atoms with van der Waals surface area (Å²) in [6.45, 7) is 2.02. The molecule has 0 spiro atoms. The second-order valence-corrected chi connectivity index (χ2v) is 4.64. The molecule has 104 valence electrons. The first-order chi connectivity index (χ1) is 9.70. The molecule has 2 heterocycles. The van der Waals surface area contributed by atoms with Crippen molar-refractivity contribution in [2.45, 2.75) is 25.5 Å². The van der Waals surface area contributed by atoms with Gasteiger partial charge in [0.05, 0.1) is 12.7 Å². The third kappa shape index (κ3) is 2.08. The number of carbonyl (C=O) groups is 1. The fourth-order valence-electron chi connectivity index (χ4n) is 2.47. The molecule has 0 fully saturated rings. The molecule has 2 atom stereocenters. The molecule has 0 unspecified atom stereocenters. The number of aliphatic hydroxyl groups excluding tert-OH is 1. The van der Waals surface area contributed by atoms with Crippen LogP contribution in [0.5, 0.6) is 0 Å². The Morgan fingerprint density at radius 2 is 2.20 bits per heavy atom. The summed E-state index contributed by atoms with van der Waals surface area (Å²) in [6, 6.07) is 9.27. The van der Waals surface area contributed by atoms with E-state index in [9.17, 15) is 9.90 Å². The van der Waals surface area contributed by atoms with Crippen molar-refractivity contribution < 1.29 is 14.6 Å². The van der Waals surface area contributed by atoms with Crippen LogP contribution < -0.4 is 0 Å². The second-order valence-electron chi connectivity index (χ2n) is 4.64. The molecule has 0 radical (unpaired) electrons. The topological polar surface area (TPSA) is 77.2 Å². The van der Waals surface area contributed by atoms with Gasteiger partial charge in [-0.1, -0.05) is 30.3 Å². The van der Waals surface area contributed by atoms with Crippen LogP contribution in [0.15, 0.2) is 30.3 Å². The average molecular weight is 273 g/mol. The van der Waals surface area contributed by atoms with E-state index in [1.165, 1.54) is 0 Å².